The monoisotopic (exact) mass is 992 g/mol. The summed E-state index contributed by atoms with van der Waals surface area (Å²) in [5, 5.41) is 35.6. The first-order valence-electron chi connectivity index (χ1n) is 26.0. The van der Waals surface area contributed by atoms with Gasteiger partial charge in [0.25, 0.3) is 5.91 Å². The smallest absolute Gasteiger partial charge is 0.343 e. The van der Waals surface area contributed by atoms with Crippen LogP contribution in [-0.2, 0) is 68.2 Å². The van der Waals surface area contributed by atoms with Gasteiger partial charge in [0.15, 0.2) is 13.2 Å². The van der Waals surface area contributed by atoms with Crippen LogP contribution in [0.4, 0.5) is 0 Å². The maximum absolute atomic E-state index is 14.2. The first-order chi connectivity index (χ1) is 34.8. The number of esters is 1. The molecule has 0 atom stereocenters. The van der Waals surface area contributed by atoms with Gasteiger partial charge >= 0.3 is 5.97 Å². The molecule has 0 fully saturated rings. The number of phenolic OH excluding ortho intramolecular Hbond substituents is 2. The van der Waals surface area contributed by atoms with Gasteiger partial charge in [0, 0.05) is 32.2 Å². The molecule has 1 amide bonds. The molecule has 0 aliphatic heterocycles. The molecule has 8 nitrogen and oxygen atoms in total. The summed E-state index contributed by atoms with van der Waals surface area (Å²) in [7, 11) is 1.34. The van der Waals surface area contributed by atoms with Crippen molar-refractivity contribution in [1.82, 2.24) is 5.32 Å². The fourth-order valence-electron chi connectivity index (χ4n) is 10.5. The second-order valence-electron chi connectivity index (χ2n) is 24.8. The number of hydrogen-bond donors (Lipinski definition) is 3. The Kier molecular flexibility index (Phi) is 13.5. The summed E-state index contributed by atoms with van der Waals surface area (Å²) < 4.78 is 18.4. The third kappa shape index (κ3) is 10.5. The molecule has 0 aromatic heterocycles. The molecule has 8 bridgehead atoms. The van der Waals surface area contributed by atoms with Crippen LogP contribution in [0.15, 0.2) is 103 Å². The number of carbonyl (C=O) groups is 2. The number of ether oxygens (including phenoxy) is 3. The maximum Gasteiger partial charge on any atom is 0.343 e. The highest BCUT2D eigenvalue weighted by Gasteiger charge is 2.29. The van der Waals surface area contributed by atoms with Gasteiger partial charge in [0.05, 0.1) is 7.11 Å². The van der Waals surface area contributed by atoms with Gasteiger partial charge in [-0.2, -0.15) is 0 Å². The van der Waals surface area contributed by atoms with E-state index < -0.39 is 5.97 Å². The third-order valence-electron chi connectivity index (χ3n) is 15.0. The van der Waals surface area contributed by atoms with Crippen molar-refractivity contribution in [2.45, 2.75) is 137 Å². The summed E-state index contributed by atoms with van der Waals surface area (Å²) in [4.78, 5) is 27.0. The van der Waals surface area contributed by atoms with E-state index in [2.05, 4.69) is 192 Å². The van der Waals surface area contributed by atoms with E-state index >= 15 is 0 Å². The van der Waals surface area contributed by atoms with Crippen LogP contribution in [0.3, 0.4) is 0 Å². The summed E-state index contributed by atoms with van der Waals surface area (Å²) >= 11 is 0. The van der Waals surface area contributed by atoms with E-state index in [0.717, 1.165) is 60.8 Å². The molecule has 9 rings (SSSR count). The molecule has 384 valence electrons. The molecule has 0 spiro atoms. The highest BCUT2D eigenvalue weighted by Crippen LogP contribution is 2.44. The van der Waals surface area contributed by atoms with Crippen molar-refractivity contribution in [3.63, 3.8) is 0 Å². The molecular formula is C66H73NO7. The predicted molar refractivity (Wildman–Crippen MR) is 300 cm³/mol. The lowest BCUT2D eigenvalue weighted by atomic mass is 9.79. The van der Waals surface area contributed by atoms with Crippen molar-refractivity contribution < 1.29 is 34.0 Å². The van der Waals surface area contributed by atoms with Crippen molar-refractivity contribution in [3.8, 4) is 23.0 Å². The Morgan fingerprint density at radius 2 is 0.824 bits per heavy atom. The molecule has 0 radical (unpaired) electrons. The van der Waals surface area contributed by atoms with Crippen molar-refractivity contribution in [2.75, 3.05) is 20.3 Å². The maximum atomic E-state index is 14.2. The molecule has 0 heterocycles. The number of aromatic hydroxyl groups is 2. The van der Waals surface area contributed by atoms with E-state index in [-0.39, 0.29) is 65.1 Å². The highest BCUT2D eigenvalue weighted by atomic mass is 16.6. The number of benzene rings is 8. The first-order valence-corrected chi connectivity index (χ1v) is 26.0. The van der Waals surface area contributed by atoms with Gasteiger partial charge in [0.2, 0.25) is 0 Å². The fourth-order valence-corrected chi connectivity index (χ4v) is 10.5. The molecule has 1 aliphatic carbocycles. The van der Waals surface area contributed by atoms with E-state index in [1.54, 1.807) is 0 Å². The molecule has 8 aromatic rings. The second-order valence-corrected chi connectivity index (χ2v) is 24.8. The van der Waals surface area contributed by atoms with Gasteiger partial charge in [-0.1, -0.05) is 186 Å². The van der Waals surface area contributed by atoms with Crippen LogP contribution in [0.25, 0.3) is 32.3 Å². The van der Waals surface area contributed by atoms with Gasteiger partial charge in [-0.3, -0.25) is 4.79 Å². The number of amides is 1. The third-order valence-corrected chi connectivity index (χ3v) is 15.0. The lowest BCUT2D eigenvalue weighted by Gasteiger charge is -2.28. The topological polar surface area (TPSA) is 114 Å². The summed E-state index contributed by atoms with van der Waals surface area (Å²) in [6.07, 6.45) is 1.16. The summed E-state index contributed by atoms with van der Waals surface area (Å²) in [6, 6.07) is 36.2. The lowest BCUT2D eigenvalue weighted by Crippen LogP contribution is -2.29. The van der Waals surface area contributed by atoms with Crippen molar-refractivity contribution in [3.05, 3.63) is 175 Å². The zero-order valence-electron chi connectivity index (χ0n) is 45.7. The summed E-state index contributed by atoms with van der Waals surface area (Å²) in [5.41, 5.74) is 10.1. The summed E-state index contributed by atoms with van der Waals surface area (Å²) in [6.45, 7) is 25.8. The number of phenols is 2. The number of fused-ring (bicyclic) bond motifs is 8. The minimum absolute atomic E-state index is 0.157. The lowest BCUT2D eigenvalue weighted by molar-refractivity contribution is -0.143. The van der Waals surface area contributed by atoms with Crippen LogP contribution in [0.5, 0.6) is 23.0 Å². The second kappa shape index (κ2) is 19.3. The molecule has 3 N–H and O–H groups in total. The van der Waals surface area contributed by atoms with E-state index in [1.807, 2.05) is 0 Å². The van der Waals surface area contributed by atoms with Crippen LogP contribution in [-0.4, -0.2) is 42.4 Å². The minimum atomic E-state index is -0.515. The summed E-state index contributed by atoms with van der Waals surface area (Å²) in [5.74, 6) is 0.598. The SMILES string of the molecule is COC(=O)COc1c2cc(C(C)(C)C)cc1Cc1cc(C(C)(C)C)cc(c1O)Cc1cc(C(C)(C)C)cc(c1OCC(=O)NCc1ccc3ccc4cccc5ccc1c3c45)Cc1cc(C(C)(C)C)cc(c1O)C2. The minimum Gasteiger partial charge on any atom is -0.507 e. The largest absolute Gasteiger partial charge is 0.507 e. The molecule has 0 saturated heterocycles. The standard InChI is InChI=1S/C66H73NO7/c1-63(2,3)50-27-42-23-46-31-52(65(7,8)9)32-47(61(46)73-36-55(68)67-35-41-20-19-40-18-17-38-15-14-16-39-21-22-54(41)58(40)57(38)39)24-43-28-51(64(4,5)6)30-45(60(43)71)26-49-34-53(66(10,11)12)33-48(25-44(29-50)59(42)70)62(49)74-37-56(69)72-13/h14-22,27-34,70-71H,23-26,35-37H2,1-13H3,(H,67,68). The zero-order valence-corrected chi connectivity index (χ0v) is 45.7. The van der Waals surface area contributed by atoms with E-state index in [4.69, 9.17) is 14.2 Å². The van der Waals surface area contributed by atoms with Gasteiger partial charge in [-0.05, 0) is 126 Å². The molecule has 0 saturated carbocycles. The van der Waals surface area contributed by atoms with E-state index in [0.29, 0.717) is 53.1 Å². The fraction of sp³-hybridized carbons (Fsp3) is 0.364. The van der Waals surface area contributed by atoms with Gasteiger partial charge in [-0.15, -0.1) is 0 Å². The van der Waals surface area contributed by atoms with Gasteiger partial charge in [-0.25, -0.2) is 4.79 Å². The Bertz CT molecular complexity index is 3350. The Morgan fingerprint density at radius 3 is 1.22 bits per heavy atom. The molecule has 1 aliphatic rings. The first kappa shape index (κ1) is 51.8. The quantitative estimate of drug-likeness (QED) is 0.103. The Labute approximate surface area is 437 Å². The highest BCUT2D eigenvalue weighted by molar-refractivity contribution is 6.23. The van der Waals surface area contributed by atoms with Crippen molar-refractivity contribution in [1.29, 1.82) is 0 Å². The Hall–Kier alpha value is -7.06. The van der Waals surface area contributed by atoms with Gasteiger partial charge in [0.1, 0.15) is 23.0 Å². The molecular weight excluding hydrogens is 919 g/mol. The Morgan fingerprint density at radius 1 is 0.473 bits per heavy atom. The van der Waals surface area contributed by atoms with Crippen LogP contribution in [0.1, 0.15) is 155 Å². The van der Waals surface area contributed by atoms with Crippen molar-refractivity contribution in [2.24, 2.45) is 0 Å². The van der Waals surface area contributed by atoms with Crippen LogP contribution in [0, 0.1) is 0 Å². The van der Waals surface area contributed by atoms with Crippen LogP contribution in [0.2, 0.25) is 0 Å². The molecule has 74 heavy (non-hydrogen) atoms. The molecule has 8 heteroatoms. The van der Waals surface area contributed by atoms with Crippen molar-refractivity contribution >= 4 is 44.2 Å². The van der Waals surface area contributed by atoms with E-state index in [9.17, 15) is 19.8 Å². The number of methoxy groups -OCH3 is 1. The van der Waals surface area contributed by atoms with E-state index in [1.165, 1.54) is 28.7 Å². The zero-order chi connectivity index (χ0) is 53.2. The number of rotatable bonds is 8. The Balaban J connectivity index is 1.20. The average molecular weight is 992 g/mol. The number of hydrogen-bond acceptors (Lipinski definition) is 7. The molecule has 8 aromatic carbocycles. The van der Waals surface area contributed by atoms with Gasteiger partial charge < -0.3 is 29.7 Å². The van der Waals surface area contributed by atoms with Crippen LogP contribution < -0.4 is 14.8 Å². The number of carbonyl (C=O) groups excluding carboxylic acids is 2. The molecule has 0 unspecified atom stereocenters. The number of nitrogens with one attached hydrogen (secondary N) is 1. The normalized spacial score (nSPS) is 13.4. The predicted octanol–water partition coefficient (Wildman–Crippen LogP) is 14.1. The average Bonchev–Trinajstić information content (AvgIpc) is 3.32. The van der Waals surface area contributed by atoms with Crippen LogP contribution >= 0.6 is 0 Å².